The van der Waals surface area contributed by atoms with Gasteiger partial charge in [-0.3, -0.25) is 0 Å². The van der Waals surface area contributed by atoms with Crippen LogP contribution in [0.25, 0.3) is 0 Å². The Morgan fingerprint density at radius 1 is 1.23 bits per heavy atom. The molecule has 1 aromatic rings. The molecule has 1 rings (SSSR count). The highest BCUT2D eigenvalue weighted by Gasteiger charge is 2.28. The summed E-state index contributed by atoms with van der Waals surface area (Å²) in [6, 6.07) is 1.92. The van der Waals surface area contributed by atoms with Gasteiger partial charge in [0.1, 0.15) is 5.82 Å². The van der Waals surface area contributed by atoms with Crippen LogP contribution >= 0.6 is 11.6 Å². The highest BCUT2D eigenvalue weighted by molar-refractivity contribution is 6.20. The number of hydrogen-bond acceptors (Lipinski definition) is 1. The maximum atomic E-state index is 12.6. The molecule has 0 saturated heterocycles. The van der Waals surface area contributed by atoms with Crippen LogP contribution in [0.3, 0.4) is 0 Å². The monoisotopic (exact) mass is 214 g/mol. The van der Waals surface area contributed by atoms with Crippen molar-refractivity contribution in [2.24, 2.45) is 0 Å². The molecule has 1 nitrogen and oxygen atoms in total. The number of halogens is 5. The van der Waals surface area contributed by atoms with E-state index in [1.807, 2.05) is 0 Å². The molecule has 0 aromatic heterocycles. The highest BCUT2D eigenvalue weighted by Crippen LogP contribution is 2.27. The van der Waals surface area contributed by atoms with E-state index < -0.39 is 23.0 Å². The molecule has 72 valence electrons. The lowest BCUT2D eigenvalue weighted by atomic mass is 10.3. The summed E-state index contributed by atoms with van der Waals surface area (Å²) < 4.78 is 52.5. The van der Waals surface area contributed by atoms with E-state index in [0.717, 1.165) is 12.1 Å². The molecule has 0 bridgehead atoms. The van der Waals surface area contributed by atoms with E-state index in [1.165, 1.54) is 0 Å². The third-order valence-electron chi connectivity index (χ3n) is 1.12. The van der Waals surface area contributed by atoms with Gasteiger partial charge in [0.05, 0.1) is 0 Å². The summed E-state index contributed by atoms with van der Waals surface area (Å²) >= 11 is 4.36. The molecule has 0 heterocycles. The lowest BCUT2D eigenvalue weighted by molar-refractivity contribution is -0.0985. The molecule has 1 aromatic carbocycles. The Kier molecular flexibility index (Phi) is 2.66. The van der Waals surface area contributed by atoms with Crippen LogP contribution in [-0.4, -0.2) is 5.57 Å². The fourth-order valence-electron chi connectivity index (χ4n) is 0.683. The van der Waals surface area contributed by atoms with Crippen LogP contribution in [0, 0.1) is 11.6 Å². The fourth-order valence-corrected chi connectivity index (χ4v) is 0.766. The summed E-state index contributed by atoms with van der Waals surface area (Å²) in [7, 11) is 0. The normalized spacial score (nSPS) is 11.5. The van der Waals surface area contributed by atoms with E-state index in [4.69, 9.17) is 0 Å². The molecule has 13 heavy (non-hydrogen) atoms. The molecule has 0 amide bonds. The van der Waals surface area contributed by atoms with Gasteiger partial charge in [-0.1, -0.05) is 0 Å². The third kappa shape index (κ3) is 3.10. The molecule has 0 aliphatic rings. The SMILES string of the molecule is Fc1ccc(OC(F)(F)Cl)c(F)c1. The zero-order chi connectivity index (χ0) is 10.1. The van der Waals surface area contributed by atoms with Crippen molar-refractivity contribution in [3.63, 3.8) is 0 Å². The third-order valence-corrected chi connectivity index (χ3v) is 1.20. The molecule has 0 fully saturated rings. The number of ether oxygens (including phenoxy) is 1. The molecule has 0 spiro atoms. The number of rotatable bonds is 2. The smallest absolute Gasteiger partial charge is 0.417 e. The van der Waals surface area contributed by atoms with Crippen molar-refractivity contribution in [3.05, 3.63) is 29.8 Å². The predicted molar refractivity (Wildman–Crippen MR) is 37.8 cm³/mol. The van der Waals surface area contributed by atoms with Crippen molar-refractivity contribution in [2.75, 3.05) is 0 Å². The molecule has 0 atom stereocenters. The number of alkyl halides is 3. The fraction of sp³-hybridized carbons (Fsp3) is 0.143. The molecular weight excluding hydrogens is 212 g/mol. The number of benzene rings is 1. The van der Waals surface area contributed by atoms with Crippen LogP contribution in [0.5, 0.6) is 5.75 Å². The highest BCUT2D eigenvalue weighted by atomic mass is 35.5. The van der Waals surface area contributed by atoms with E-state index in [2.05, 4.69) is 16.3 Å². The minimum Gasteiger partial charge on any atom is -0.417 e. The summed E-state index contributed by atoms with van der Waals surface area (Å²) in [5.74, 6) is -2.93. The second kappa shape index (κ2) is 3.41. The first kappa shape index (κ1) is 10.1. The second-order valence-corrected chi connectivity index (χ2v) is 2.56. The van der Waals surface area contributed by atoms with E-state index in [0.29, 0.717) is 6.07 Å². The molecule has 6 heteroatoms. The predicted octanol–water partition coefficient (Wildman–Crippen LogP) is 3.13. The van der Waals surface area contributed by atoms with Gasteiger partial charge >= 0.3 is 5.57 Å². The molecule has 0 saturated carbocycles. The van der Waals surface area contributed by atoms with Crippen molar-refractivity contribution in [2.45, 2.75) is 5.57 Å². The Morgan fingerprint density at radius 3 is 2.31 bits per heavy atom. The Morgan fingerprint density at radius 2 is 1.85 bits per heavy atom. The van der Waals surface area contributed by atoms with Crippen molar-refractivity contribution in [1.29, 1.82) is 0 Å². The largest absolute Gasteiger partial charge is 0.487 e. The van der Waals surface area contributed by atoms with Gasteiger partial charge in [0, 0.05) is 17.7 Å². The second-order valence-electron chi connectivity index (χ2n) is 2.12. The van der Waals surface area contributed by atoms with Crippen molar-refractivity contribution >= 4 is 11.6 Å². The molecule has 0 radical (unpaired) electrons. The first-order chi connectivity index (χ1) is 5.88. The minimum absolute atomic E-state index is 0.415. The van der Waals surface area contributed by atoms with Crippen LogP contribution < -0.4 is 4.74 Å². The Labute approximate surface area is 75.9 Å². The van der Waals surface area contributed by atoms with Gasteiger partial charge in [-0.15, -0.1) is 8.78 Å². The number of hydrogen-bond donors (Lipinski definition) is 0. The first-order valence-corrected chi connectivity index (χ1v) is 3.47. The van der Waals surface area contributed by atoms with Crippen LogP contribution in [0.1, 0.15) is 0 Å². The van der Waals surface area contributed by atoms with E-state index in [-0.39, 0.29) is 0 Å². The lowest BCUT2D eigenvalue weighted by Gasteiger charge is -2.10. The van der Waals surface area contributed by atoms with E-state index >= 15 is 0 Å². The maximum absolute atomic E-state index is 12.6. The molecule has 0 aliphatic carbocycles. The summed E-state index contributed by atoms with van der Waals surface area (Å²) in [6.45, 7) is 0. The van der Waals surface area contributed by atoms with Gasteiger partial charge in [0.25, 0.3) is 0 Å². The Bertz CT molecular complexity index is 310. The minimum atomic E-state index is -4.00. The van der Waals surface area contributed by atoms with Gasteiger partial charge in [-0.25, -0.2) is 8.78 Å². The Hall–Kier alpha value is -0.970. The van der Waals surface area contributed by atoms with Crippen LogP contribution in [0.15, 0.2) is 18.2 Å². The van der Waals surface area contributed by atoms with Crippen LogP contribution in [-0.2, 0) is 0 Å². The average Bonchev–Trinajstić information content (AvgIpc) is 1.93. The molecule has 0 aliphatic heterocycles. The van der Waals surface area contributed by atoms with Gasteiger partial charge < -0.3 is 4.74 Å². The summed E-state index contributed by atoms with van der Waals surface area (Å²) in [5.41, 5.74) is -4.00. The van der Waals surface area contributed by atoms with Gasteiger partial charge in [0.2, 0.25) is 0 Å². The van der Waals surface area contributed by atoms with Crippen molar-refractivity contribution in [3.8, 4) is 5.75 Å². The average molecular weight is 215 g/mol. The van der Waals surface area contributed by atoms with Gasteiger partial charge in [-0.05, 0) is 12.1 Å². The van der Waals surface area contributed by atoms with Gasteiger partial charge in [-0.2, -0.15) is 0 Å². The van der Waals surface area contributed by atoms with Crippen molar-refractivity contribution < 1.29 is 22.3 Å². The summed E-state index contributed by atoms with van der Waals surface area (Å²) in [5, 5.41) is 0. The summed E-state index contributed by atoms with van der Waals surface area (Å²) in [6.07, 6.45) is 0. The molecular formula is C7H3ClF4O. The van der Waals surface area contributed by atoms with E-state index in [1.54, 1.807) is 0 Å². The Balaban J connectivity index is 2.90. The zero-order valence-electron chi connectivity index (χ0n) is 6.03. The standard InChI is InChI=1S/C7H3ClF4O/c8-7(11,12)13-6-2-1-4(9)3-5(6)10/h1-3H. The summed E-state index contributed by atoms with van der Waals surface area (Å²) in [4.78, 5) is 0. The molecule has 0 N–H and O–H groups in total. The van der Waals surface area contributed by atoms with Crippen molar-refractivity contribution in [1.82, 2.24) is 0 Å². The van der Waals surface area contributed by atoms with E-state index in [9.17, 15) is 17.6 Å². The zero-order valence-corrected chi connectivity index (χ0v) is 6.79. The van der Waals surface area contributed by atoms with Crippen LogP contribution in [0.2, 0.25) is 0 Å². The van der Waals surface area contributed by atoms with Crippen LogP contribution in [0.4, 0.5) is 17.6 Å². The topological polar surface area (TPSA) is 9.23 Å². The quantitative estimate of drug-likeness (QED) is 0.543. The lowest BCUT2D eigenvalue weighted by Crippen LogP contribution is -2.16. The molecule has 0 unspecified atom stereocenters. The first-order valence-electron chi connectivity index (χ1n) is 3.09. The maximum Gasteiger partial charge on any atom is 0.487 e. The van der Waals surface area contributed by atoms with Gasteiger partial charge in [0.15, 0.2) is 11.6 Å².